The van der Waals surface area contributed by atoms with Gasteiger partial charge in [-0.15, -0.1) is 0 Å². The molecule has 102 valence electrons. The first-order chi connectivity index (χ1) is 9.84. The SMILES string of the molecule is Nc1nc2cnc3ccccc3c2n1C1CCOCC1. The number of hydrogen-bond donors (Lipinski definition) is 1. The molecule has 0 spiro atoms. The van der Waals surface area contributed by atoms with E-state index in [4.69, 9.17) is 10.5 Å². The fraction of sp³-hybridized carbons (Fsp3) is 0.333. The summed E-state index contributed by atoms with van der Waals surface area (Å²) < 4.78 is 7.62. The van der Waals surface area contributed by atoms with Gasteiger partial charge in [-0.05, 0) is 18.9 Å². The van der Waals surface area contributed by atoms with E-state index >= 15 is 0 Å². The highest BCUT2D eigenvalue weighted by atomic mass is 16.5. The zero-order chi connectivity index (χ0) is 13.5. The Balaban J connectivity index is 2.03. The Kier molecular flexibility index (Phi) is 2.60. The van der Waals surface area contributed by atoms with Crippen LogP contribution in [0.4, 0.5) is 5.95 Å². The van der Waals surface area contributed by atoms with Gasteiger partial charge in [0.25, 0.3) is 0 Å². The first-order valence-corrected chi connectivity index (χ1v) is 6.93. The molecule has 2 aromatic heterocycles. The smallest absolute Gasteiger partial charge is 0.201 e. The van der Waals surface area contributed by atoms with Crippen molar-refractivity contribution in [3.05, 3.63) is 30.5 Å². The van der Waals surface area contributed by atoms with Crippen LogP contribution in [0.5, 0.6) is 0 Å². The van der Waals surface area contributed by atoms with Crippen LogP contribution in [0.25, 0.3) is 21.9 Å². The Morgan fingerprint density at radius 2 is 1.95 bits per heavy atom. The second-order valence-electron chi connectivity index (χ2n) is 5.19. The maximum Gasteiger partial charge on any atom is 0.201 e. The van der Waals surface area contributed by atoms with Crippen LogP contribution in [0.3, 0.4) is 0 Å². The predicted molar refractivity (Wildman–Crippen MR) is 78.5 cm³/mol. The minimum atomic E-state index is 0.361. The zero-order valence-corrected chi connectivity index (χ0v) is 11.1. The lowest BCUT2D eigenvalue weighted by Crippen LogP contribution is -2.20. The van der Waals surface area contributed by atoms with Gasteiger partial charge >= 0.3 is 0 Å². The van der Waals surface area contributed by atoms with E-state index in [1.165, 1.54) is 0 Å². The number of fused-ring (bicyclic) bond motifs is 3. The minimum Gasteiger partial charge on any atom is -0.381 e. The number of nitrogens with two attached hydrogens (primary N) is 1. The molecule has 3 heterocycles. The second kappa shape index (κ2) is 4.45. The van der Waals surface area contributed by atoms with Crippen molar-refractivity contribution in [1.29, 1.82) is 0 Å². The predicted octanol–water partition coefficient (Wildman–Crippen LogP) is 2.52. The van der Waals surface area contributed by atoms with Gasteiger partial charge < -0.3 is 15.0 Å². The number of benzene rings is 1. The molecule has 0 aliphatic carbocycles. The standard InChI is InChI=1S/C15H16N4O/c16-15-18-13-9-17-12-4-2-1-3-11(12)14(13)19(15)10-5-7-20-8-6-10/h1-4,9-10H,5-8H2,(H2,16,18). The molecule has 4 rings (SSSR count). The fourth-order valence-corrected chi connectivity index (χ4v) is 3.06. The van der Waals surface area contributed by atoms with E-state index in [2.05, 4.69) is 20.6 Å². The number of nitrogen functional groups attached to an aromatic ring is 1. The monoisotopic (exact) mass is 268 g/mol. The first-order valence-electron chi connectivity index (χ1n) is 6.93. The first kappa shape index (κ1) is 11.7. The van der Waals surface area contributed by atoms with Gasteiger partial charge in [0.1, 0.15) is 5.52 Å². The lowest BCUT2D eigenvalue weighted by Gasteiger charge is -2.25. The van der Waals surface area contributed by atoms with Gasteiger partial charge in [0.2, 0.25) is 5.95 Å². The van der Waals surface area contributed by atoms with Crippen molar-refractivity contribution in [2.75, 3.05) is 18.9 Å². The maximum absolute atomic E-state index is 6.16. The lowest BCUT2D eigenvalue weighted by atomic mass is 10.1. The molecule has 5 nitrogen and oxygen atoms in total. The fourth-order valence-electron chi connectivity index (χ4n) is 3.06. The molecule has 1 saturated heterocycles. The Labute approximate surface area is 116 Å². The highest BCUT2D eigenvalue weighted by Gasteiger charge is 2.22. The van der Waals surface area contributed by atoms with Crippen molar-refractivity contribution in [2.45, 2.75) is 18.9 Å². The molecule has 3 aromatic rings. The van der Waals surface area contributed by atoms with Crippen molar-refractivity contribution < 1.29 is 4.74 Å². The van der Waals surface area contributed by atoms with Crippen LogP contribution in [0, 0.1) is 0 Å². The van der Waals surface area contributed by atoms with Crippen molar-refractivity contribution in [2.24, 2.45) is 0 Å². The van der Waals surface area contributed by atoms with Crippen LogP contribution < -0.4 is 5.73 Å². The van der Waals surface area contributed by atoms with E-state index in [1.807, 2.05) is 24.4 Å². The Morgan fingerprint density at radius 3 is 2.80 bits per heavy atom. The average Bonchev–Trinajstić information content (AvgIpc) is 2.84. The van der Waals surface area contributed by atoms with Gasteiger partial charge in [-0.25, -0.2) is 4.98 Å². The van der Waals surface area contributed by atoms with Gasteiger partial charge in [0.05, 0.1) is 17.2 Å². The average molecular weight is 268 g/mol. The summed E-state index contributed by atoms with van der Waals surface area (Å²) in [5.74, 6) is 0.574. The minimum absolute atomic E-state index is 0.361. The molecule has 0 unspecified atom stereocenters. The number of para-hydroxylation sites is 1. The van der Waals surface area contributed by atoms with Gasteiger partial charge in [0, 0.05) is 24.6 Å². The van der Waals surface area contributed by atoms with E-state index < -0.39 is 0 Å². The van der Waals surface area contributed by atoms with E-state index in [9.17, 15) is 0 Å². The van der Waals surface area contributed by atoms with Crippen molar-refractivity contribution >= 4 is 27.9 Å². The number of nitrogens with zero attached hydrogens (tertiary/aromatic N) is 3. The molecule has 1 aliphatic rings. The van der Waals surface area contributed by atoms with Crippen molar-refractivity contribution in [3.8, 4) is 0 Å². The lowest BCUT2D eigenvalue weighted by molar-refractivity contribution is 0.0712. The molecule has 0 saturated carbocycles. The van der Waals surface area contributed by atoms with E-state index in [-0.39, 0.29) is 0 Å². The zero-order valence-electron chi connectivity index (χ0n) is 11.1. The van der Waals surface area contributed by atoms with Gasteiger partial charge in [-0.2, -0.15) is 0 Å². The molecule has 0 atom stereocenters. The third kappa shape index (κ3) is 1.67. The molecule has 0 bridgehead atoms. The third-order valence-electron chi connectivity index (χ3n) is 4.01. The summed E-state index contributed by atoms with van der Waals surface area (Å²) >= 11 is 0. The topological polar surface area (TPSA) is 66.0 Å². The summed E-state index contributed by atoms with van der Waals surface area (Å²) in [4.78, 5) is 8.93. The Hall–Kier alpha value is -2.14. The summed E-state index contributed by atoms with van der Waals surface area (Å²) in [5.41, 5.74) is 9.10. The van der Waals surface area contributed by atoms with Crippen molar-refractivity contribution in [1.82, 2.24) is 14.5 Å². The van der Waals surface area contributed by atoms with E-state index in [0.29, 0.717) is 12.0 Å². The van der Waals surface area contributed by atoms with Gasteiger partial charge in [0.15, 0.2) is 0 Å². The normalized spacial score (nSPS) is 17.0. The molecule has 5 heteroatoms. The van der Waals surface area contributed by atoms with Crippen LogP contribution in [0.15, 0.2) is 30.5 Å². The summed E-state index contributed by atoms with van der Waals surface area (Å²) in [7, 11) is 0. The number of aromatic nitrogens is 3. The largest absolute Gasteiger partial charge is 0.381 e. The number of hydrogen-bond acceptors (Lipinski definition) is 4. The quantitative estimate of drug-likeness (QED) is 0.736. The molecule has 20 heavy (non-hydrogen) atoms. The summed E-state index contributed by atoms with van der Waals surface area (Å²) in [6, 6.07) is 8.49. The molecule has 1 fully saturated rings. The molecular weight excluding hydrogens is 252 g/mol. The van der Waals surface area contributed by atoms with E-state index in [1.54, 1.807) is 0 Å². The Bertz CT molecular complexity index is 774. The molecule has 0 amide bonds. The highest BCUT2D eigenvalue weighted by Crippen LogP contribution is 2.32. The van der Waals surface area contributed by atoms with Crippen LogP contribution in [-0.2, 0) is 4.74 Å². The number of rotatable bonds is 1. The van der Waals surface area contributed by atoms with Crippen LogP contribution >= 0.6 is 0 Å². The molecule has 1 aromatic carbocycles. The molecule has 2 N–H and O–H groups in total. The Morgan fingerprint density at radius 1 is 1.15 bits per heavy atom. The van der Waals surface area contributed by atoms with Gasteiger partial charge in [-0.3, -0.25) is 4.98 Å². The molecule has 0 radical (unpaired) electrons. The van der Waals surface area contributed by atoms with E-state index in [0.717, 1.165) is 48.0 Å². The number of ether oxygens (including phenoxy) is 1. The summed E-state index contributed by atoms with van der Waals surface area (Å²) in [5, 5.41) is 1.11. The summed E-state index contributed by atoms with van der Waals surface area (Å²) in [6.45, 7) is 1.57. The number of imidazole rings is 1. The second-order valence-corrected chi connectivity index (χ2v) is 5.19. The van der Waals surface area contributed by atoms with Gasteiger partial charge in [-0.1, -0.05) is 18.2 Å². The van der Waals surface area contributed by atoms with Crippen LogP contribution in [0.2, 0.25) is 0 Å². The number of anilines is 1. The highest BCUT2D eigenvalue weighted by molar-refractivity contribution is 6.03. The van der Waals surface area contributed by atoms with Crippen LogP contribution in [0.1, 0.15) is 18.9 Å². The molecule has 1 aliphatic heterocycles. The number of pyridine rings is 1. The third-order valence-corrected chi connectivity index (χ3v) is 4.01. The molecular formula is C15H16N4O. The van der Waals surface area contributed by atoms with Crippen molar-refractivity contribution in [3.63, 3.8) is 0 Å². The maximum atomic E-state index is 6.16. The van der Waals surface area contributed by atoms with Crippen LogP contribution in [-0.4, -0.2) is 27.7 Å². The summed E-state index contributed by atoms with van der Waals surface area (Å²) in [6.07, 6.45) is 3.77.